The normalized spacial score (nSPS) is 24.6. The van der Waals surface area contributed by atoms with Gasteiger partial charge in [-0.25, -0.2) is 9.37 Å². The van der Waals surface area contributed by atoms with Crippen molar-refractivity contribution in [3.8, 4) is 28.1 Å². The minimum Gasteiger partial charge on any atom is -0.507 e. The first-order chi connectivity index (χ1) is 15.6. The maximum absolute atomic E-state index is 15.2. The van der Waals surface area contributed by atoms with Gasteiger partial charge >= 0.3 is 0 Å². The van der Waals surface area contributed by atoms with Crippen LogP contribution in [0.2, 0.25) is 0 Å². The number of hydrogen-bond donors (Lipinski definition) is 3. The van der Waals surface area contributed by atoms with Crippen molar-refractivity contribution in [2.75, 3.05) is 25.2 Å². The number of anilines is 1. The SMILES string of the molecule is COCCN(c1cnc(-c2ccc(-c3cn[nH]c3)cc2O)cn1)[C@@H]1CC2CCC(N2)[C@@H]1F. The average Bonchev–Trinajstić information content (AvgIpc) is 3.49. The highest BCUT2D eigenvalue weighted by Gasteiger charge is 2.44. The third-order valence-corrected chi connectivity index (χ3v) is 6.53. The number of alkyl halides is 1. The number of benzene rings is 1. The summed E-state index contributed by atoms with van der Waals surface area (Å²) in [5, 5.41) is 20.6. The van der Waals surface area contributed by atoms with E-state index in [0.717, 1.165) is 30.4 Å². The number of rotatable bonds is 7. The van der Waals surface area contributed by atoms with E-state index >= 15 is 4.39 Å². The molecule has 8 nitrogen and oxygen atoms in total. The molecule has 0 spiro atoms. The van der Waals surface area contributed by atoms with Crippen LogP contribution in [-0.2, 0) is 4.74 Å². The molecule has 168 valence electrons. The van der Waals surface area contributed by atoms with E-state index in [9.17, 15) is 5.11 Å². The number of aromatic amines is 1. The third kappa shape index (κ3) is 3.93. The molecule has 4 heterocycles. The zero-order valence-corrected chi connectivity index (χ0v) is 17.9. The quantitative estimate of drug-likeness (QED) is 0.522. The van der Waals surface area contributed by atoms with Crippen molar-refractivity contribution in [1.29, 1.82) is 0 Å². The molecular weight excluding hydrogens is 411 g/mol. The second-order valence-electron chi connectivity index (χ2n) is 8.46. The Labute approximate surface area is 185 Å². The van der Waals surface area contributed by atoms with Crippen LogP contribution in [0.3, 0.4) is 0 Å². The maximum atomic E-state index is 15.2. The Morgan fingerprint density at radius 3 is 2.81 bits per heavy atom. The number of fused-ring (bicyclic) bond motifs is 2. The molecule has 2 aromatic heterocycles. The molecule has 2 fully saturated rings. The molecule has 2 saturated heterocycles. The number of aromatic hydroxyl groups is 1. The molecular formula is C23H27FN6O2. The Morgan fingerprint density at radius 2 is 2.09 bits per heavy atom. The summed E-state index contributed by atoms with van der Waals surface area (Å²) in [4.78, 5) is 11.1. The smallest absolute Gasteiger partial charge is 0.147 e. The molecule has 1 aromatic carbocycles. The van der Waals surface area contributed by atoms with E-state index in [4.69, 9.17) is 4.74 Å². The van der Waals surface area contributed by atoms with Crippen LogP contribution in [0.15, 0.2) is 43.0 Å². The van der Waals surface area contributed by atoms with E-state index < -0.39 is 6.17 Å². The molecule has 32 heavy (non-hydrogen) atoms. The Kier molecular flexibility index (Phi) is 5.75. The highest BCUT2D eigenvalue weighted by Crippen LogP contribution is 2.35. The lowest BCUT2D eigenvalue weighted by Crippen LogP contribution is -2.57. The van der Waals surface area contributed by atoms with Gasteiger partial charge in [-0.1, -0.05) is 6.07 Å². The summed E-state index contributed by atoms with van der Waals surface area (Å²) in [5.74, 6) is 0.731. The highest BCUT2D eigenvalue weighted by atomic mass is 19.1. The number of H-pyrrole nitrogens is 1. The molecule has 0 amide bonds. The summed E-state index contributed by atoms with van der Waals surface area (Å²) >= 11 is 0. The fraction of sp³-hybridized carbons (Fsp3) is 0.435. The van der Waals surface area contributed by atoms with Crippen LogP contribution in [0.1, 0.15) is 19.3 Å². The molecule has 0 aliphatic carbocycles. The first-order valence-electron chi connectivity index (χ1n) is 10.9. The summed E-state index contributed by atoms with van der Waals surface area (Å²) in [7, 11) is 1.64. The minimum absolute atomic E-state index is 0.0956. The molecule has 3 N–H and O–H groups in total. The topological polar surface area (TPSA) is 99.2 Å². The molecule has 3 aromatic rings. The first kappa shape index (κ1) is 20.8. The molecule has 2 aliphatic rings. The van der Waals surface area contributed by atoms with Crippen molar-refractivity contribution in [2.24, 2.45) is 0 Å². The molecule has 0 radical (unpaired) electrons. The number of ether oxygens (including phenoxy) is 1. The van der Waals surface area contributed by atoms with Crippen LogP contribution in [0.4, 0.5) is 10.2 Å². The predicted octanol–water partition coefficient (Wildman–Crippen LogP) is 2.92. The number of nitrogens with one attached hydrogen (secondary N) is 2. The molecule has 2 bridgehead atoms. The zero-order valence-electron chi connectivity index (χ0n) is 17.9. The summed E-state index contributed by atoms with van der Waals surface area (Å²) in [6.07, 6.45) is 8.41. The second kappa shape index (κ2) is 8.84. The number of aromatic nitrogens is 4. The van der Waals surface area contributed by atoms with Crippen molar-refractivity contribution in [3.05, 3.63) is 43.0 Å². The predicted molar refractivity (Wildman–Crippen MR) is 119 cm³/mol. The van der Waals surface area contributed by atoms with E-state index in [2.05, 4.69) is 25.5 Å². The van der Waals surface area contributed by atoms with Gasteiger partial charge in [0.2, 0.25) is 0 Å². The lowest BCUT2D eigenvalue weighted by atomic mass is 9.96. The van der Waals surface area contributed by atoms with Gasteiger partial charge in [-0.05, 0) is 37.0 Å². The van der Waals surface area contributed by atoms with Crippen LogP contribution < -0.4 is 10.2 Å². The fourth-order valence-electron chi connectivity index (χ4n) is 4.86. The van der Waals surface area contributed by atoms with Crippen LogP contribution in [0.25, 0.3) is 22.4 Å². The molecule has 5 rings (SSSR count). The highest BCUT2D eigenvalue weighted by molar-refractivity contribution is 5.73. The maximum Gasteiger partial charge on any atom is 0.147 e. The molecule has 2 aliphatic heterocycles. The van der Waals surface area contributed by atoms with Gasteiger partial charge < -0.3 is 20.1 Å². The Balaban J connectivity index is 1.39. The number of phenols is 1. The van der Waals surface area contributed by atoms with Gasteiger partial charge in [0.15, 0.2) is 0 Å². The molecule has 4 atom stereocenters. The zero-order chi connectivity index (χ0) is 22.1. The van der Waals surface area contributed by atoms with Crippen LogP contribution in [-0.4, -0.2) is 69.8 Å². The Hall–Kier alpha value is -3.04. The Morgan fingerprint density at radius 1 is 1.19 bits per heavy atom. The van der Waals surface area contributed by atoms with Gasteiger partial charge in [0.25, 0.3) is 0 Å². The lowest BCUT2D eigenvalue weighted by molar-refractivity contribution is 0.158. The van der Waals surface area contributed by atoms with Crippen LogP contribution >= 0.6 is 0 Å². The van der Waals surface area contributed by atoms with Gasteiger partial charge in [0.05, 0.1) is 36.9 Å². The Bertz CT molecular complexity index is 1050. The van der Waals surface area contributed by atoms with Crippen molar-refractivity contribution in [1.82, 2.24) is 25.5 Å². The summed E-state index contributed by atoms with van der Waals surface area (Å²) < 4.78 is 20.5. The largest absolute Gasteiger partial charge is 0.507 e. The molecule has 0 saturated carbocycles. The van der Waals surface area contributed by atoms with Gasteiger partial charge in [-0.15, -0.1) is 0 Å². The molecule has 9 heteroatoms. The van der Waals surface area contributed by atoms with Crippen LogP contribution in [0, 0.1) is 0 Å². The van der Waals surface area contributed by atoms with Crippen molar-refractivity contribution < 1.29 is 14.2 Å². The first-order valence-corrected chi connectivity index (χ1v) is 10.9. The molecule has 2 unspecified atom stereocenters. The van der Waals surface area contributed by atoms with E-state index in [1.54, 1.807) is 38.0 Å². The number of nitrogens with zero attached hydrogens (tertiary/aromatic N) is 4. The van der Waals surface area contributed by atoms with Gasteiger partial charge in [0.1, 0.15) is 17.7 Å². The van der Waals surface area contributed by atoms with Crippen molar-refractivity contribution >= 4 is 5.82 Å². The summed E-state index contributed by atoms with van der Waals surface area (Å²) in [6.45, 7) is 1.02. The van der Waals surface area contributed by atoms with Crippen molar-refractivity contribution in [2.45, 2.75) is 43.6 Å². The van der Waals surface area contributed by atoms with Gasteiger partial charge in [0, 0.05) is 43.1 Å². The van der Waals surface area contributed by atoms with Crippen molar-refractivity contribution in [3.63, 3.8) is 0 Å². The van der Waals surface area contributed by atoms with E-state index in [1.165, 1.54) is 0 Å². The van der Waals surface area contributed by atoms with E-state index in [-0.39, 0.29) is 17.8 Å². The van der Waals surface area contributed by atoms with E-state index in [0.29, 0.717) is 36.3 Å². The second-order valence-corrected chi connectivity index (χ2v) is 8.46. The summed E-state index contributed by atoms with van der Waals surface area (Å²) in [6, 6.07) is 5.39. The number of halogens is 1. The third-order valence-electron chi connectivity index (χ3n) is 6.53. The number of hydrogen-bond acceptors (Lipinski definition) is 7. The summed E-state index contributed by atoms with van der Waals surface area (Å²) in [5.41, 5.74) is 2.88. The standard InChI is InChI=1S/C23H27FN6O2/c1-32-7-6-30(20-9-16-3-5-18(29-16)23(20)24)22-13-25-19(12-26-22)17-4-2-14(8-21(17)31)15-10-27-28-11-15/h2,4,8,10-13,16,18,20,23,29,31H,3,5-7,9H2,1H3,(H,27,28)/t16?,18?,20-,23+/m1/s1. The van der Waals surface area contributed by atoms with Crippen LogP contribution in [0.5, 0.6) is 5.75 Å². The number of methoxy groups -OCH3 is 1. The number of phenolic OH excluding ortho intramolecular Hbond substituents is 1. The average molecular weight is 439 g/mol. The van der Waals surface area contributed by atoms with Gasteiger partial charge in [-0.2, -0.15) is 5.10 Å². The monoisotopic (exact) mass is 438 g/mol. The number of piperidine rings is 1. The van der Waals surface area contributed by atoms with E-state index in [1.807, 2.05) is 17.0 Å². The minimum atomic E-state index is -0.966. The van der Waals surface area contributed by atoms with Gasteiger partial charge in [-0.3, -0.25) is 10.1 Å². The fourth-order valence-corrected chi connectivity index (χ4v) is 4.86. The lowest BCUT2D eigenvalue weighted by Gasteiger charge is -2.40.